The normalized spacial score (nSPS) is 13.5. The lowest BCUT2D eigenvalue weighted by Crippen LogP contribution is -2.46. The van der Waals surface area contributed by atoms with Crippen molar-refractivity contribution in [2.24, 2.45) is 5.92 Å². The fourth-order valence-corrected chi connectivity index (χ4v) is 2.48. The topological polar surface area (TPSA) is 69.6 Å². The Hall–Kier alpha value is -1.40. The number of carbonyl (C=O) groups excluding carboxylic acids is 1. The van der Waals surface area contributed by atoms with Crippen LogP contribution >= 0.6 is 15.9 Å². The van der Waals surface area contributed by atoms with Gasteiger partial charge in [-0.05, 0) is 17.5 Å². The molecular formula is C16H23BrN2O3. The van der Waals surface area contributed by atoms with Crippen LogP contribution in [0.2, 0.25) is 0 Å². The molecule has 2 N–H and O–H groups in total. The lowest BCUT2D eigenvalue weighted by atomic mass is 9.99. The average Bonchev–Trinajstić information content (AvgIpc) is 2.48. The van der Waals surface area contributed by atoms with Crippen molar-refractivity contribution in [1.29, 1.82) is 0 Å². The Morgan fingerprint density at radius 1 is 1.36 bits per heavy atom. The van der Waals surface area contributed by atoms with Crippen LogP contribution in [0, 0.1) is 5.92 Å². The molecule has 0 unspecified atom stereocenters. The first-order valence-electron chi connectivity index (χ1n) is 7.30. The summed E-state index contributed by atoms with van der Waals surface area (Å²) in [5.41, 5.74) is 1.01. The Labute approximate surface area is 139 Å². The lowest BCUT2D eigenvalue weighted by Gasteiger charge is -2.23. The van der Waals surface area contributed by atoms with E-state index in [1.54, 1.807) is 11.9 Å². The third-order valence-corrected chi connectivity index (χ3v) is 4.52. The molecule has 0 saturated carbocycles. The average molecular weight is 371 g/mol. The van der Waals surface area contributed by atoms with Gasteiger partial charge in [0.25, 0.3) is 0 Å². The number of likely N-dealkylation sites (N-methyl/N-ethyl adjacent to an activating group) is 1. The van der Waals surface area contributed by atoms with Crippen LogP contribution in [0.1, 0.15) is 25.8 Å². The summed E-state index contributed by atoms with van der Waals surface area (Å²) in [5.74, 6) is -1.08. The van der Waals surface area contributed by atoms with E-state index in [1.165, 1.54) is 0 Å². The van der Waals surface area contributed by atoms with E-state index in [0.717, 1.165) is 16.5 Å². The largest absolute Gasteiger partial charge is 0.480 e. The van der Waals surface area contributed by atoms with E-state index < -0.39 is 12.0 Å². The molecule has 1 rings (SSSR count). The molecule has 0 saturated heterocycles. The van der Waals surface area contributed by atoms with Gasteiger partial charge < -0.3 is 10.0 Å². The number of benzene rings is 1. The van der Waals surface area contributed by atoms with Crippen LogP contribution in [-0.4, -0.2) is 41.5 Å². The van der Waals surface area contributed by atoms with Gasteiger partial charge in [-0.1, -0.05) is 54.4 Å². The minimum atomic E-state index is -0.921. The summed E-state index contributed by atoms with van der Waals surface area (Å²) in [6, 6.07) is 7.00. The highest BCUT2D eigenvalue weighted by Crippen LogP contribution is 2.17. The van der Waals surface area contributed by atoms with Crippen LogP contribution in [0.4, 0.5) is 0 Å². The SMILES string of the molecule is CC[C@H](C)[C@H](NCC(=O)N(C)Cc1ccccc1Br)C(=O)O. The number of hydrogen-bond acceptors (Lipinski definition) is 3. The van der Waals surface area contributed by atoms with Gasteiger partial charge in [-0.3, -0.25) is 14.9 Å². The molecule has 0 spiro atoms. The number of halogens is 1. The van der Waals surface area contributed by atoms with Crippen molar-refractivity contribution in [1.82, 2.24) is 10.2 Å². The highest BCUT2D eigenvalue weighted by molar-refractivity contribution is 9.10. The minimum Gasteiger partial charge on any atom is -0.480 e. The molecule has 1 aromatic rings. The van der Waals surface area contributed by atoms with Crippen LogP contribution in [0.3, 0.4) is 0 Å². The summed E-state index contributed by atoms with van der Waals surface area (Å²) in [7, 11) is 1.71. The van der Waals surface area contributed by atoms with Crippen LogP contribution in [-0.2, 0) is 16.1 Å². The van der Waals surface area contributed by atoms with Gasteiger partial charge in [0.1, 0.15) is 6.04 Å². The van der Waals surface area contributed by atoms with Gasteiger partial charge in [0.05, 0.1) is 6.54 Å². The van der Waals surface area contributed by atoms with Gasteiger partial charge in [0.15, 0.2) is 0 Å². The molecule has 0 aliphatic heterocycles. The molecule has 5 nitrogen and oxygen atoms in total. The zero-order chi connectivity index (χ0) is 16.7. The van der Waals surface area contributed by atoms with E-state index >= 15 is 0 Å². The maximum atomic E-state index is 12.2. The highest BCUT2D eigenvalue weighted by atomic mass is 79.9. The molecule has 2 atom stereocenters. The quantitative estimate of drug-likeness (QED) is 0.737. The molecule has 1 amide bonds. The molecule has 6 heteroatoms. The predicted octanol–water partition coefficient (Wildman–Crippen LogP) is 2.50. The number of nitrogens with one attached hydrogen (secondary N) is 1. The van der Waals surface area contributed by atoms with E-state index in [9.17, 15) is 14.7 Å². The summed E-state index contributed by atoms with van der Waals surface area (Å²) in [5, 5.41) is 12.1. The first-order valence-corrected chi connectivity index (χ1v) is 8.09. The van der Waals surface area contributed by atoms with Crippen molar-refractivity contribution in [3.63, 3.8) is 0 Å². The molecule has 0 aliphatic rings. The number of carboxylic acid groups (broad SMARTS) is 1. The van der Waals surface area contributed by atoms with Crippen molar-refractivity contribution >= 4 is 27.8 Å². The van der Waals surface area contributed by atoms with Crippen molar-refractivity contribution < 1.29 is 14.7 Å². The van der Waals surface area contributed by atoms with Crippen LogP contribution in [0.5, 0.6) is 0 Å². The fourth-order valence-electron chi connectivity index (χ4n) is 2.07. The standard InChI is InChI=1S/C16H23BrN2O3/c1-4-11(2)15(16(21)22)18-9-14(20)19(3)10-12-7-5-6-8-13(12)17/h5-8,11,15,18H,4,9-10H2,1-3H3,(H,21,22)/t11-,15-/m0/s1. The molecule has 1 aromatic carbocycles. The lowest BCUT2D eigenvalue weighted by molar-refractivity contribution is -0.141. The van der Waals surface area contributed by atoms with E-state index in [4.69, 9.17) is 0 Å². The van der Waals surface area contributed by atoms with Gasteiger partial charge in [-0.2, -0.15) is 0 Å². The Morgan fingerprint density at radius 2 is 2.00 bits per heavy atom. The maximum absolute atomic E-state index is 12.2. The Kier molecular flexibility index (Phi) is 7.55. The van der Waals surface area contributed by atoms with Gasteiger partial charge >= 0.3 is 5.97 Å². The second kappa shape index (κ2) is 8.90. The minimum absolute atomic E-state index is 0.0161. The van der Waals surface area contributed by atoms with Crippen molar-refractivity contribution in [3.8, 4) is 0 Å². The number of rotatable bonds is 8. The summed E-state index contributed by atoms with van der Waals surface area (Å²) in [6.45, 7) is 4.29. The van der Waals surface area contributed by atoms with Crippen molar-refractivity contribution in [2.45, 2.75) is 32.9 Å². The third-order valence-electron chi connectivity index (χ3n) is 3.74. The van der Waals surface area contributed by atoms with E-state index in [2.05, 4.69) is 21.2 Å². The van der Waals surface area contributed by atoms with E-state index in [0.29, 0.717) is 6.54 Å². The van der Waals surface area contributed by atoms with Crippen molar-refractivity contribution in [2.75, 3.05) is 13.6 Å². The van der Waals surface area contributed by atoms with Gasteiger partial charge in [0.2, 0.25) is 5.91 Å². The number of carbonyl (C=O) groups is 2. The molecule has 0 radical (unpaired) electrons. The molecule has 0 bridgehead atoms. The molecule has 0 aromatic heterocycles. The Balaban J connectivity index is 2.57. The predicted molar refractivity (Wildman–Crippen MR) is 89.5 cm³/mol. The second-order valence-electron chi connectivity index (χ2n) is 5.42. The monoisotopic (exact) mass is 370 g/mol. The van der Waals surface area contributed by atoms with Gasteiger partial charge in [-0.15, -0.1) is 0 Å². The number of amides is 1. The smallest absolute Gasteiger partial charge is 0.320 e. The molecule has 0 heterocycles. The summed E-state index contributed by atoms with van der Waals surface area (Å²) < 4.78 is 0.950. The molecule has 22 heavy (non-hydrogen) atoms. The molecular weight excluding hydrogens is 348 g/mol. The van der Waals surface area contributed by atoms with Crippen molar-refractivity contribution in [3.05, 3.63) is 34.3 Å². The summed E-state index contributed by atoms with van der Waals surface area (Å²) >= 11 is 3.45. The Morgan fingerprint density at radius 3 is 2.55 bits per heavy atom. The van der Waals surface area contributed by atoms with Gasteiger partial charge in [0, 0.05) is 18.1 Å². The molecule has 0 fully saturated rings. The fraction of sp³-hybridized carbons (Fsp3) is 0.500. The Bertz CT molecular complexity index is 522. The molecule has 0 aliphatic carbocycles. The summed E-state index contributed by atoms with van der Waals surface area (Å²) in [4.78, 5) is 25.0. The number of hydrogen-bond donors (Lipinski definition) is 2. The second-order valence-corrected chi connectivity index (χ2v) is 6.28. The number of nitrogens with zero attached hydrogens (tertiary/aromatic N) is 1. The maximum Gasteiger partial charge on any atom is 0.320 e. The summed E-state index contributed by atoms with van der Waals surface area (Å²) in [6.07, 6.45) is 0.741. The first kappa shape index (κ1) is 18.6. The van der Waals surface area contributed by atoms with Crippen LogP contribution in [0.15, 0.2) is 28.7 Å². The number of carboxylic acids is 1. The molecule has 122 valence electrons. The highest BCUT2D eigenvalue weighted by Gasteiger charge is 2.24. The van der Waals surface area contributed by atoms with Crippen LogP contribution in [0.25, 0.3) is 0 Å². The number of aliphatic carboxylic acids is 1. The van der Waals surface area contributed by atoms with E-state index in [-0.39, 0.29) is 18.4 Å². The third kappa shape index (κ3) is 5.42. The zero-order valence-electron chi connectivity index (χ0n) is 13.2. The van der Waals surface area contributed by atoms with Gasteiger partial charge in [-0.25, -0.2) is 0 Å². The first-order chi connectivity index (χ1) is 10.4. The zero-order valence-corrected chi connectivity index (χ0v) is 14.8. The van der Waals surface area contributed by atoms with E-state index in [1.807, 2.05) is 38.1 Å². The van der Waals surface area contributed by atoms with Crippen LogP contribution < -0.4 is 5.32 Å².